The number of rotatable bonds is 4. The fourth-order valence-corrected chi connectivity index (χ4v) is 1.39. The first-order valence-electron chi connectivity index (χ1n) is 5.18. The number of aromatic hydroxyl groups is 1. The molecule has 8 N–H and O–H groups in total. The summed E-state index contributed by atoms with van der Waals surface area (Å²) >= 11 is 0. The van der Waals surface area contributed by atoms with Gasteiger partial charge in [0.25, 0.3) is 0 Å². The van der Waals surface area contributed by atoms with Crippen LogP contribution in [0.3, 0.4) is 0 Å². The van der Waals surface area contributed by atoms with E-state index in [1.165, 1.54) is 12.1 Å². The van der Waals surface area contributed by atoms with Crippen molar-refractivity contribution < 1.29 is 5.11 Å². The van der Waals surface area contributed by atoms with Crippen molar-refractivity contribution >= 4 is 11.9 Å². The third-order valence-corrected chi connectivity index (χ3v) is 2.35. The zero-order chi connectivity index (χ0) is 13.7. The number of hydrogen-bond acceptors (Lipinski definition) is 5. The van der Waals surface area contributed by atoms with E-state index in [1.807, 2.05) is 0 Å². The predicted molar refractivity (Wildman–Crippen MR) is 73.6 cm³/mol. The molecule has 1 rings (SSSR count). The molecule has 1 aromatic rings. The van der Waals surface area contributed by atoms with Crippen LogP contribution in [0.15, 0.2) is 53.9 Å². The molecule has 0 saturated carbocycles. The van der Waals surface area contributed by atoms with E-state index >= 15 is 0 Å². The van der Waals surface area contributed by atoms with Crippen molar-refractivity contribution in [3.05, 3.63) is 59.5 Å². The minimum Gasteiger partial charge on any atom is -0.507 e. The normalized spacial score (nSPS) is 10.8. The van der Waals surface area contributed by atoms with E-state index in [-0.39, 0.29) is 11.6 Å². The van der Waals surface area contributed by atoms with E-state index in [1.54, 1.807) is 18.2 Å². The number of para-hydroxylation sites is 1. The average molecular weight is 244 g/mol. The van der Waals surface area contributed by atoms with Crippen molar-refractivity contribution in [2.45, 2.75) is 0 Å². The second-order valence-corrected chi connectivity index (χ2v) is 3.66. The largest absolute Gasteiger partial charge is 0.507 e. The van der Waals surface area contributed by atoms with Gasteiger partial charge >= 0.3 is 0 Å². The molecule has 0 atom stereocenters. The number of hydrogen-bond donors (Lipinski definition) is 5. The Bertz CT molecular complexity index is 540. The summed E-state index contributed by atoms with van der Waals surface area (Å²) in [5.74, 6) is 0.0727. The van der Waals surface area contributed by atoms with Crippen LogP contribution in [0.4, 0.5) is 0 Å². The van der Waals surface area contributed by atoms with Crippen LogP contribution in [0.5, 0.6) is 5.75 Å². The monoisotopic (exact) mass is 244 g/mol. The third-order valence-electron chi connectivity index (χ3n) is 2.35. The molecule has 0 spiro atoms. The van der Waals surface area contributed by atoms with Gasteiger partial charge in [-0.2, -0.15) is 0 Å². The summed E-state index contributed by atoms with van der Waals surface area (Å²) in [6.07, 6.45) is 2.52. The van der Waals surface area contributed by atoms with Crippen LogP contribution in [0.1, 0.15) is 5.56 Å². The highest BCUT2D eigenvalue weighted by Crippen LogP contribution is 2.23. The molecule has 0 saturated heterocycles. The van der Waals surface area contributed by atoms with Crippen LogP contribution in [-0.2, 0) is 0 Å². The fraction of sp³-hybridized carbons (Fsp3) is 0. The van der Waals surface area contributed by atoms with Crippen LogP contribution in [0, 0.1) is 5.41 Å². The lowest BCUT2D eigenvalue weighted by molar-refractivity contribution is 0.473. The van der Waals surface area contributed by atoms with Gasteiger partial charge in [0.2, 0.25) is 0 Å². The maximum absolute atomic E-state index is 9.66. The standard InChI is InChI=1S/C13H16N4O/c1-8(7-14)10(13(16)17)6-11(15)9-4-2-3-5-12(9)18/h2-7,14,18H,1,15-17H2/b11-6-,14-7?. The topological polar surface area (TPSA) is 122 Å². The highest BCUT2D eigenvalue weighted by atomic mass is 16.3. The van der Waals surface area contributed by atoms with Gasteiger partial charge in [-0.05, 0) is 23.8 Å². The smallest absolute Gasteiger partial charge is 0.124 e. The summed E-state index contributed by atoms with van der Waals surface area (Å²) < 4.78 is 0. The molecule has 0 unspecified atom stereocenters. The molecule has 5 nitrogen and oxygen atoms in total. The van der Waals surface area contributed by atoms with E-state index in [0.29, 0.717) is 22.4 Å². The SMILES string of the molecule is C=C(C=N)C(/C=C(\N)c1ccccc1O)=C(N)N. The van der Waals surface area contributed by atoms with Gasteiger partial charge in [0.1, 0.15) is 11.6 Å². The first-order chi connectivity index (χ1) is 8.47. The quantitative estimate of drug-likeness (QED) is 0.401. The zero-order valence-electron chi connectivity index (χ0n) is 9.85. The lowest BCUT2D eigenvalue weighted by Crippen LogP contribution is -2.13. The van der Waals surface area contributed by atoms with Crippen LogP contribution in [-0.4, -0.2) is 11.3 Å². The Balaban J connectivity index is 3.24. The second kappa shape index (κ2) is 5.58. The van der Waals surface area contributed by atoms with Crippen molar-refractivity contribution in [1.29, 1.82) is 5.41 Å². The number of phenols is 1. The highest BCUT2D eigenvalue weighted by molar-refractivity contribution is 5.85. The lowest BCUT2D eigenvalue weighted by Gasteiger charge is -2.08. The van der Waals surface area contributed by atoms with E-state index in [4.69, 9.17) is 22.6 Å². The number of phenolic OH excluding ortho intramolecular Hbond substituents is 1. The molecule has 94 valence electrons. The van der Waals surface area contributed by atoms with Crippen LogP contribution >= 0.6 is 0 Å². The molecule has 0 aliphatic carbocycles. The highest BCUT2D eigenvalue weighted by Gasteiger charge is 2.06. The van der Waals surface area contributed by atoms with E-state index in [2.05, 4.69) is 6.58 Å². The molecular weight excluding hydrogens is 228 g/mol. The molecule has 0 aliphatic rings. The Kier molecular flexibility index (Phi) is 4.15. The maximum Gasteiger partial charge on any atom is 0.124 e. The Morgan fingerprint density at radius 1 is 1.22 bits per heavy atom. The number of benzene rings is 1. The molecule has 0 fully saturated rings. The van der Waals surface area contributed by atoms with Gasteiger partial charge in [-0.25, -0.2) is 0 Å². The molecule has 0 amide bonds. The Hall–Kier alpha value is -2.69. The van der Waals surface area contributed by atoms with Crippen molar-refractivity contribution in [3.63, 3.8) is 0 Å². The van der Waals surface area contributed by atoms with Gasteiger partial charge in [0, 0.05) is 23.0 Å². The molecule has 0 bridgehead atoms. The van der Waals surface area contributed by atoms with Gasteiger partial charge in [-0.3, -0.25) is 0 Å². The van der Waals surface area contributed by atoms with Crippen molar-refractivity contribution in [2.24, 2.45) is 17.2 Å². The zero-order valence-corrected chi connectivity index (χ0v) is 9.85. The molecule has 18 heavy (non-hydrogen) atoms. The minimum absolute atomic E-state index is 0.0156. The van der Waals surface area contributed by atoms with Crippen LogP contribution in [0.2, 0.25) is 0 Å². The predicted octanol–water partition coefficient (Wildman–Crippen LogP) is 1.03. The first kappa shape index (κ1) is 13.4. The number of allylic oxidation sites excluding steroid dienone is 3. The van der Waals surface area contributed by atoms with Crippen molar-refractivity contribution in [3.8, 4) is 5.75 Å². The molecule has 0 aromatic heterocycles. The first-order valence-corrected chi connectivity index (χ1v) is 5.18. The molecule has 1 aromatic carbocycles. The van der Waals surface area contributed by atoms with Crippen molar-refractivity contribution in [1.82, 2.24) is 0 Å². The minimum atomic E-state index is 0.0156. The Morgan fingerprint density at radius 3 is 2.33 bits per heavy atom. The van der Waals surface area contributed by atoms with Crippen molar-refractivity contribution in [2.75, 3.05) is 0 Å². The fourth-order valence-electron chi connectivity index (χ4n) is 1.39. The van der Waals surface area contributed by atoms with Gasteiger partial charge < -0.3 is 27.7 Å². The molecular formula is C13H16N4O. The summed E-state index contributed by atoms with van der Waals surface area (Å²) in [7, 11) is 0. The van der Waals surface area contributed by atoms with Gasteiger partial charge in [0.15, 0.2) is 0 Å². The third kappa shape index (κ3) is 2.91. The summed E-state index contributed by atoms with van der Waals surface area (Å²) in [5, 5.41) is 16.8. The van der Waals surface area contributed by atoms with Gasteiger partial charge in [-0.1, -0.05) is 18.7 Å². The van der Waals surface area contributed by atoms with Gasteiger partial charge in [0.05, 0.1) is 0 Å². The summed E-state index contributed by atoms with van der Waals surface area (Å²) in [4.78, 5) is 0. The molecule has 0 radical (unpaired) electrons. The average Bonchev–Trinajstić information content (AvgIpc) is 2.35. The Morgan fingerprint density at radius 2 is 1.83 bits per heavy atom. The molecule has 5 heteroatoms. The lowest BCUT2D eigenvalue weighted by atomic mass is 10.0. The summed E-state index contributed by atoms with van der Waals surface area (Å²) in [5.41, 5.74) is 18.3. The second-order valence-electron chi connectivity index (χ2n) is 3.66. The Labute approximate surface area is 105 Å². The molecule has 0 aliphatic heterocycles. The summed E-state index contributed by atoms with van der Waals surface area (Å²) in [6.45, 7) is 3.64. The maximum atomic E-state index is 9.66. The van der Waals surface area contributed by atoms with Crippen LogP contribution in [0.25, 0.3) is 5.70 Å². The number of nitrogens with one attached hydrogen (secondary N) is 1. The van der Waals surface area contributed by atoms with E-state index in [0.717, 1.165) is 6.21 Å². The van der Waals surface area contributed by atoms with Gasteiger partial charge in [-0.15, -0.1) is 0 Å². The van der Waals surface area contributed by atoms with Crippen LogP contribution < -0.4 is 17.2 Å². The van der Waals surface area contributed by atoms with E-state index in [9.17, 15) is 5.11 Å². The summed E-state index contributed by atoms with van der Waals surface area (Å²) in [6, 6.07) is 6.63. The number of nitrogens with two attached hydrogens (primary N) is 3. The molecule has 0 heterocycles. The van der Waals surface area contributed by atoms with E-state index < -0.39 is 0 Å².